The molecular weight excluding hydrogens is 427 g/mol. The number of carbonyl (C=O) groups is 2. The van der Waals surface area contributed by atoms with E-state index in [-0.39, 0.29) is 16.9 Å². The molecule has 0 bridgehead atoms. The summed E-state index contributed by atoms with van der Waals surface area (Å²) in [5.74, 6) is -2.52. The Bertz CT molecular complexity index is 1090. The van der Waals surface area contributed by atoms with Gasteiger partial charge in [-0.3, -0.25) is 14.5 Å². The largest absolute Gasteiger partial charge is 0.508 e. The number of hydrogen-bond donors (Lipinski definition) is 2. The van der Waals surface area contributed by atoms with Crippen LogP contribution in [0.4, 0.5) is 4.39 Å². The van der Waals surface area contributed by atoms with E-state index in [0.717, 1.165) is 25.7 Å². The molecule has 2 N–H and O–H groups in total. The fourth-order valence-electron chi connectivity index (χ4n) is 4.34. The van der Waals surface area contributed by atoms with Crippen molar-refractivity contribution in [2.75, 3.05) is 39.4 Å². The zero-order valence-corrected chi connectivity index (χ0v) is 18.5. The summed E-state index contributed by atoms with van der Waals surface area (Å²) in [7, 11) is 0. The van der Waals surface area contributed by atoms with Gasteiger partial charge in [0.25, 0.3) is 11.7 Å². The van der Waals surface area contributed by atoms with Crippen LogP contribution in [0.1, 0.15) is 29.2 Å². The summed E-state index contributed by atoms with van der Waals surface area (Å²) in [4.78, 5) is 29.7. The lowest BCUT2D eigenvalue weighted by atomic mass is 9.94. The number of likely N-dealkylation sites (tertiary alicyclic amines) is 1. The van der Waals surface area contributed by atoms with E-state index in [2.05, 4.69) is 4.90 Å². The summed E-state index contributed by atoms with van der Waals surface area (Å²) in [6.45, 7) is 5.59. The molecule has 2 aliphatic rings. The van der Waals surface area contributed by atoms with Gasteiger partial charge in [-0.2, -0.15) is 0 Å². The van der Waals surface area contributed by atoms with Gasteiger partial charge in [0.1, 0.15) is 17.3 Å². The molecule has 8 heteroatoms. The molecule has 0 radical (unpaired) electrons. The Morgan fingerprint density at radius 2 is 1.88 bits per heavy atom. The van der Waals surface area contributed by atoms with Crippen LogP contribution < -0.4 is 0 Å². The van der Waals surface area contributed by atoms with Crippen molar-refractivity contribution >= 4 is 17.4 Å². The molecule has 2 saturated heterocycles. The van der Waals surface area contributed by atoms with Crippen LogP contribution in [0.2, 0.25) is 0 Å². The molecule has 174 valence electrons. The minimum atomic E-state index is -0.883. The minimum absolute atomic E-state index is 0.0206. The third kappa shape index (κ3) is 4.77. The Labute approximate surface area is 191 Å². The predicted molar refractivity (Wildman–Crippen MR) is 120 cm³/mol. The number of halogens is 1. The molecule has 2 aromatic carbocycles. The quantitative estimate of drug-likeness (QED) is 0.396. The number of amides is 1. The first-order valence-corrected chi connectivity index (χ1v) is 11.0. The molecule has 33 heavy (non-hydrogen) atoms. The lowest BCUT2D eigenvalue weighted by molar-refractivity contribution is -0.140. The van der Waals surface area contributed by atoms with Crippen molar-refractivity contribution in [1.29, 1.82) is 0 Å². The Kier molecular flexibility index (Phi) is 6.76. The first-order chi connectivity index (χ1) is 15.9. The maximum Gasteiger partial charge on any atom is 0.295 e. The fourth-order valence-corrected chi connectivity index (χ4v) is 4.34. The number of aliphatic hydroxyl groups is 1. The first kappa shape index (κ1) is 22.9. The maximum atomic E-state index is 14.2. The van der Waals surface area contributed by atoms with Gasteiger partial charge < -0.3 is 19.8 Å². The molecule has 0 aromatic heterocycles. The Balaban J connectivity index is 1.69. The van der Waals surface area contributed by atoms with Gasteiger partial charge in [-0.1, -0.05) is 24.3 Å². The molecule has 2 heterocycles. The highest BCUT2D eigenvalue weighted by Gasteiger charge is 2.46. The molecule has 2 aromatic rings. The number of aromatic hydroxyl groups is 1. The number of hydrogen-bond acceptors (Lipinski definition) is 6. The van der Waals surface area contributed by atoms with Gasteiger partial charge in [0.15, 0.2) is 0 Å². The second-order valence-corrected chi connectivity index (χ2v) is 8.36. The van der Waals surface area contributed by atoms with E-state index in [1.165, 1.54) is 29.2 Å². The van der Waals surface area contributed by atoms with E-state index >= 15 is 0 Å². The fraction of sp³-hybridized carbons (Fsp3) is 0.360. The van der Waals surface area contributed by atoms with E-state index < -0.39 is 29.3 Å². The van der Waals surface area contributed by atoms with E-state index in [0.29, 0.717) is 37.3 Å². The molecule has 7 nitrogen and oxygen atoms in total. The number of rotatable bonds is 6. The number of benzene rings is 2. The summed E-state index contributed by atoms with van der Waals surface area (Å²) in [6.07, 6.45) is 0.627. The third-order valence-electron chi connectivity index (χ3n) is 6.15. The number of phenolic OH excluding ortho intramolecular Hbond substituents is 1. The Hall–Kier alpha value is -3.23. The van der Waals surface area contributed by atoms with Gasteiger partial charge in [-0.15, -0.1) is 0 Å². The van der Waals surface area contributed by atoms with Crippen LogP contribution in [0, 0.1) is 12.7 Å². The number of morpholine rings is 1. The molecule has 4 rings (SSSR count). The highest BCUT2D eigenvalue weighted by molar-refractivity contribution is 6.46. The number of ether oxygens (including phenoxy) is 1. The van der Waals surface area contributed by atoms with E-state index in [4.69, 9.17) is 4.74 Å². The second kappa shape index (κ2) is 9.72. The van der Waals surface area contributed by atoms with Crippen molar-refractivity contribution in [2.45, 2.75) is 19.4 Å². The average Bonchev–Trinajstić information content (AvgIpc) is 3.06. The first-order valence-electron chi connectivity index (χ1n) is 11.0. The SMILES string of the molecule is Cc1ccc(C(O)=C2C(=O)C(=O)N(CCCN3CCOCC3)C2c2cccc(O)c2)cc1F. The van der Waals surface area contributed by atoms with Crippen LogP contribution >= 0.6 is 0 Å². The zero-order valence-electron chi connectivity index (χ0n) is 18.5. The molecule has 1 unspecified atom stereocenters. The number of nitrogens with zero attached hydrogens (tertiary/aromatic N) is 2. The Morgan fingerprint density at radius 3 is 2.58 bits per heavy atom. The van der Waals surface area contributed by atoms with Gasteiger partial charge >= 0.3 is 0 Å². The van der Waals surface area contributed by atoms with Gasteiger partial charge in [-0.25, -0.2) is 4.39 Å². The monoisotopic (exact) mass is 454 g/mol. The van der Waals surface area contributed by atoms with Crippen molar-refractivity contribution in [1.82, 2.24) is 9.80 Å². The lowest BCUT2D eigenvalue weighted by Gasteiger charge is -2.29. The molecule has 0 aliphatic carbocycles. The third-order valence-corrected chi connectivity index (χ3v) is 6.15. The molecular formula is C25H27FN2O5. The normalized spacial score (nSPS) is 21.0. The summed E-state index contributed by atoms with van der Waals surface area (Å²) in [6, 6.07) is 9.54. The van der Waals surface area contributed by atoms with E-state index in [1.807, 2.05) is 0 Å². The number of aryl methyl sites for hydroxylation is 1. The Morgan fingerprint density at radius 1 is 1.12 bits per heavy atom. The van der Waals surface area contributed by atoms with Crippen LogP contribution in [0.5, 0.6) is 5.75 Å². The van der Waals surface area contributed by atoms with Gasteiger partial charge in [-0.05, 0) is 42.7 Å². The average molecular weight is 454 g/mol. The second-order valence-electron chi connectivity index (χ2n) is 8.36. The van der Waals surface area contributed by atoms with Crippen molar-refractivity contribution in [3.05, 3.63) is 70.5 Å². The van der Waals surface area contributed by atoms with E-state index in [9.17, 15) is 24.2 Å². The smallest absolute Gasteiger partial charge is 0.295 e. The lowest BCUT2D eigenvalue weighted by Crippen LogP contribution is -2.38. The standard InChI is InChI=1S/C25H27FN2O5/c1-16-6-7-18(15-20(16)26)23(30)21-22(17-4-2-5-19(29)14-17)28(25(32)24(21)31)9-3-8-27-10-12-33-13-11-27/h2,4-7,14-15,22,29-30H,3,8-13H2,1H3. The summed E-state index contributed by atoms with van der Waals surface area (Å²) in [5.41, 5.74) is 0.907. The topological polar surface area (TPSA) is 90.3 Å². The number of ketones is 1. The van der Waals surface area contributed by atoms with Crippen LogP contribution in [0.3, 0.4) is 0 Å². The number of Topliss-reactive ketones (excluding diaryl/α,β-unsaturated/α-hetero) is 1. The molecule has 1 amide bonds. The minimum Gasteiger partial charge on any atom is -0.508 e. The summed E-state index contributed by atoms with van der Waals surface area (Å²) < 4.78 is 19.5. The zero-order chi connectivity index (χ0) is 23.5. The highest BCUT2D eigenvalue weighted by atomic mass is 19.1. The van der Waals surface area contributed by atoms with E-state index in [1.54, 1.807) is 19.1 Å². The van der Waals surface area contributed by atoms with Gasteiger partial charge in [0.05, 0.1) is 24.8 Å². The van der Waals surface area contributed by atoms with Crippen LogP contribution in [-0.4, -0.2) is 71.1 Å². The van der Waals surface area contributed by atoms with Crippen LogP contribution in [-0.2, 0) is 14.3 Å². The summed E-state index contributed by atoms with van der Waals surface area (Å²) in [5, 5.41) is 21.0. The predicted octanol–water partition coefficient (Wildman–Crippen LogP) is 2.98. The van der Waals surface area contributed by atoms with Gasteiger partial charge in [0.2, 0.25) is 0 Å². The van der Waals surface area contributed by atoms with Crippen molar-refractivity contribution in [3.63, 3.8) is 0 Å². The van der Waals surface area contributed by atoms with Gasteiger partial charge in [0, 0.05) is 31.7 Å². The molecule has 2 fully saturated rings. The number of phenols is 1. The molecule has 1 atom stereocenters. The maximum absolute atomic E-state index is 14.2. The molecule has 0 spiro atoms. The van der Waals surface area contributed by atoms with Crippen molar-refractivity contribution < 1.29 is 28.9 Å². The number of aliphatic hydroxyl groups excluding tert-OH is 1. The highest BCUT2D eigenvalue weighted by Crippen LogP contribution is 2.40. The van der Waals surface area contributed by atoms with Crippen LogP contribution in [0.25, 0.3) is 5.76 Å². The van der Waals surface area contributed by atoms with Crippen molar-refractivity contribution in [3.8, 4) is 5.75 Å². The summed E-state index contributed by atoms with van der Waals surface area (Å²) >= 11 is 0. The van der Waals surface area contributed by atoms with Crippen LogP contribution in [0.15, 0.2) is 48.0 Å². The number of carbonyl (C=O) groups excluding carboxylic acids is 2. The molecule has 0 saturated carbocycles. The molecule has 2 aliphatic heterocycles. The van der Waals surface area contributed by atoms with Crippen molar-refractivity contribution in [2.24, 2.45) is 0 Å².